The molecule has 2 N–H and O–H groups in total. The van der Waals surface area contributed by atoms with Gasteiger partial charge in [0.05, 0.1) is 11.4 Å². The van der Waals surface area contributed by atoms with E-state index in [1.165, 1.54) is 16.5 Å². The molecule has 6 heteroatoms. The van der Waals surface area contributed by atoms with Crippen molar-refractivity contribution in [1.82, 2.24) is 19.3 Å². The van der Waals surface area contributed by atoms with E-state index in [1.807, 2.05) is 36.7 Å². The highest BCUT2D eigenvalue weighted by Gasteiger charge is 2.22. The third-order valence-corrected chi connectivity index (χ3v) is 6.48. The highest BCUT2D eigenvalue weighted by Crippen LogP contribution is 2.29. The first-order chi connectivity index (χ1) is 16.2. The van der Waals surface area contributed by atoms with Crippen LogP contribution in [0.1, 0.15) is 5.69 Å². The van der Waals surface area contributed by atoms with Crippen LogP contribution in [-0.4, -0.2) is 45.4 Å². The fourth-order valence-electron chi connectivity index (χ4n) is 4.72. The molecular formula is C27H26N6. The summed E-state index contributed by atoms with van der Waals surface area (Å²) < 4.78 is 2.16. The van der Waals surface area contributed by atoms with E-state index < -0.39 is 0 Å². The van der Waals surface area contributed by atoms with Gasteiger partial charge < -0.3 is 15.0 Å². The number of nitrogens with two attached hydrogens (primary N) is 1. The number of imidazole rings is 1. The van der Waals surface area contributed by atoms with E-state index in [1.54, 1.807) is 0 Å². The maximum absolute atomic E-state index is 6.16. The van der Waals surface area contributed by atoms with Crippen molar-refractivity contribution in [3.63, 3.8) is 0 Å². The molecule has 4 heterocycles. The summed E-state index contributed by atoms with van der Waals surface area (Å²) in [4.78, 5) is 14.4. The molecule has 1 aliphatic rings. The van der Waals surface area contributed by atoms with Crippen LogP contribution in [0.5, 0.6) is 0 Å². The minimum Gasteiger partial charge on any atom is -0.398 e. The molecule has 2 aromatic carbocycles. The summed E-state index contributed by atoms with van der Waals surface area (Å²) in [5, 5.41) is 2.46. The maximum atomic E-state index is 6.16. The lowest BCUT2D eigenvalue weighted by Crippen LogP contribution is -2.46. The van der Waals surface area contributed by atoms with E-state index in [9.17, 15) is 0 Å². The van der Waals surface area contributed by atoms with Crippen molar-refractivity contribution < 1.29 is 0 Å². The number of benzene rings is 2. The first-order valence-electron chi connectivity index (χ1n) is 11.4. The van der Waals surface area contributed by atoms with Gasteiger partial charge in [0, 0.05) is 56.4 Å². The van der Waals surface area contributed by atoms with Crippen LogP contribution in [0.25, 0.3) is 27.7 Å². The molecule has 164 valence electrons. The van der Waals surface area contributed by atoms with Crippen LogP contribution in [0.4, 0.5) is 11.5 Å². The number of hydrogen-bond donors (Lipinski definition) is 1. The molecule has 3 aromatic heterocycles. The Morgan fingerprint density at radius 1 is 0.818 bits per heavy atom. The predicted octanol–water partition coefficient (Wildman–Crippen LogP) is 4.45. The van der Waals surface area contributed by atoms with Crippen LogP contribution in [0.3, 0.4) is 0 Å². The van der Waals surface area contributed by atoms with Crippen LogP contribution < -0.4 is 10.6 Å². The Hall–Kier alpha value is -3.90. The van der Waals surface area contributed by atoms with Crippen molar-refractivity contribution in [1.29, 1.82) is 0 Å². The Morgan fingerprint density at radius 2 is 1.64 bits per heavy atom. The standard InChI is InChI=1S/C27H26N6/c28-23-10-11-26-30-27(22-9-8-20-5-1-2-6-21(20)17-22)24(33(26)18-23)19-31-13-15-32(16-14-31)25-7-3-4-12-29-25/h1-12,17-18H,13-16,19,28H2. The molecule has 0 saturated carbocycles. The Balaban J connectivity index is 1.33. The molecule has 0 atom stereocenters. The van der Waals surface area contributed by atoms with E-state index >= 15 is 0 Å². The van der Waals surface area contributed by atoms with Gasteiger partial charge in [-0.2, -0.15) is 0 Å². The van der Waals surface area contributed by atoms with Crippen LogP contribution in [0.2, 0.25) is 0 Å². The monoisotopic (exact) mass is 434 g/mol. The minimum atomic E-state index is 0.742. The number of piperazine rings is 1. The lowest BCUT2D eigenvalue weighted by atomic mass is 10.0. The zero-order valence-corrected chi connectivity index (χ0v) is 18.4. The molecule has 0 radical (unpaired) electrons. The largest absolute Gasteiger partial charge is 0.398 e. The zero-order valence-electron chi connectivity index (χ0n) is 18.4. The van der Waals surface area contributed by atoms with Crippen molar-refractivity contribution in [2.45, 2.75) is 6.54 Å². The van der Waals surface area contributed by atoms with Crippen molar-refractivity contribution in [3.05, 3.63) is 90.9 Å². The van der Waals surface area contributed by atoms with E-state index in [0.717, 1.165) is 61.1 Å². The SMILES string of the molecule is Nc1ccc2nc(-c3ccc4ccccc4c3)c(CN3CCN(c4ccccn4)CC3)n2c1. The summed E-state index contributed by atoms with van der Waals surface area (Å²) in [6, 6.07) is 25.1. The molecule has 1 saturated heterocycles. The number of anilines is 2. The molecule has 5 aromatic rings. The molecule has 6 nitrogen and oxygen atoms in total. The molecule has 33 heavy (non-hydrogen) atoms. The number of nitrogens with zero attached hydrogens (tertiary/aromatic N) is 5. The quantitative estimate of drug-likeness (QED) is 0.453. The molecule has 0 spiro atoms. The van der Waals surface area contributed by atoms with Gasteiger partial charge in [-0.05, 0) is 41.1 Å². The summed E-state index contributed by atoms with van der Waals surface area (Å²) in [5.41, 5.74) is 11.2. The molecular weight excluding hydrogens is 408 g/mol. The number of aromatic nitrogens is 3. The van der Waals surface area contributed by atoms with Gasteiger partial charge in [0.1, 0.15) is 11.5 Å². The first-order valence-corrected chi connectivity index (χ1v) is 11.4. The summed E-state index contributed by atoms with van der Waals surface area (Å²) in [5.74, 6) is 1.05. The number of pyridine rings is 2. The lowest BCUT2D eigenvalue weighted by Gasteiger charge is -2.35. The second kappa shape index (κ2) is 8.22. The Kier molecular flexibility index (Phi) is 4.92. The maximum Gasteiger partial charge on any atom is 0.137 e. The van der Waals surface area contributed by atoms with Crippen LogP contribution in [0, 0.1) is 0 Å². The topological polar surface area (TPSA) is 62.7 Å². The molecule has 1 aliphatic heterocycles. The second-order valence-electron chi connectivity index (χ2n) is 8.61. The normalized spacial score (nSPS) is 14.8. The molecule has 1 fully saturated rings. The van der Waals surface area contributed by atoms with Crippen LogP contribution >= 0.6 is 0 Å². The fourth-order valence-corrected chi connectivity index (χ4v) is 4.72. The molecule has 0 bridgehead atoms. The second-order valence-corrected chi connectivity index (χ2v) is 8.61. The molecule has 6 rings (SSSR count). The van der Waals surface area contributed by atoms with E-state index in [2.05, 4.69) is 67.7 Å². The van der Waals surface area contributed by atoms with E-state index in [-0.39, 0.29) is 0 Å². The summed E-state index contributed by atoms with van der Waals surface area (Å²) in [6.07, 6.45) is 3.85. The summed E-state index contributed by atoms with van der Waals surface area (Å²) in [7, 11) is 0. The lowest BCUT2D eigenvalue weighted by molar-refractivity contribution is 0.246. The van der Waals surface area contributed by atoms with Gasteiger partial charge in [-0.25, -0.2) is 9.97 Å². The number of rotatable bonds is 4. The number of nitrogen functional groups attached to an aromatic ring is 1. The third-order valence-electron chi connectivity index (χ3n) is 6.48. The summed E-state index contributed by atoms with van der Waals surface area (Å²) >= 11 is 0. The number of fused-ring (bicyclic) bond motifs is 2. The van der Waals surface area contributed by atoms with Gasteiger partial charge in [-0.3, -0.25) is 4.90 Å². The predicted molar refractivity (Wildman–Crippen MR) is 134 cm³/mol. The third kappa shape index (κ3) is 3.79. The minimum absolute atomic E-state index is 0.742. The van der Waals surface area contributed by atoms with Crippen molar-refractivity contribution >= 4 is 27.9 Å². The van der Waals surface area contributed by atoms with Gasteiger partial charge in [0.2, 0.25) is 0 Å². The average Bonchev–Trinajstić information content (AvgIpc) is 3.22. The van der Waals surface area contributed by atoms with Crippen molar-refractivity contribution in [2.75, 3.05) is 36.8 Å². The van der Waals surface area contributed by atoms with Crippen LogP contribution in [0.15, 0.2) is 85.2 Å². The number of hydrogen-bond acceptors (Lipinski definition) is 5. The summed E-state index contributed by atoms with van der Waals surface area (Å²) in [6.45, 7) is 4.69. The van der Waals surface area contributed by atoms with Crippen LogP contribution in [-0.2, 0) is 6.54 Å². The zero-order chi connectivity index (χ0) is 22.2. The Bertz CT molecular complexity index is 1420. The van der Waals surface area contributed by atoms with Gasteiger partial charge in [0.25, 0.3) is 0 Å². The molecule has 0 aliphatic carbocycles. The van der Waals surface area contributed by atoms with Crippen molar-refractivity contribution in [3.8, 4) is 11.3 Å². The Morgan fingerprint density at radius 3 is 2.45 bits per heavy atom. The van der Waals surface area contributed by atoms with E-state index in [0.29, 0.717) is 0 Å². The first kappa shape index (κ1) is 19.8. The van der Waals surface area contributed by atoms with E-state index in [4.69, 9.17) is 10.7 Å². The molecule has 0 amide bonds. The molecule has 0 unspecified atom stereocenters. The van der Waals surface area contributed by atoms with Gasteiger partial charge >= 0.3 is 0 Å². The van der Waals surface area contributed by atoms with Gasteiger partial charge in [-0.1, -0.05) is 42.5 Å². The Labute approximate surface area is 192 Å². The fraction of sp³-hybridized carbons (Fsp3) is 0.185. The smallest absolute Gasteiger partial charge is 0.137 e. The van der Waals surface area contributed by atoms with Gasteiger partial charge in [0.15, 0.2) is 0 Å². The van der Waals surface area contributed by atoms with Crippen molar-refractivity contribution in [2.24, 2.45) is 0 Å². The van der Waals surface area contributed by atoms with Gasteiger partial charge in [-0.15, -0.1) is 0 Å². The highest BCUT2D eigenvalue weighted by molar-refractivity contribution is 5.87. The highest BCUT2D eigenvalue weighted by atomic mass is 15.3. The average molecular weight is 435 g/mol.